The Hall–Kier alpha value is -0.860. The van der Waals surface area contributed by atoms with Crippen molar-refractivity contribution in [3.8, 4) is 0 Å². The lowest BCUT2D eigenvalue weighted by Gasteiger charge is -2.26. The molecule has 1 aromatic carbocycles. The second kappa shape index (κ2) is 9.11. The molecule has 0 bridgehead atoms. The summed E-state index contributed by atoms with van der Waals surface area (Å²) in [4.78, 5) is 2.59. The van der Waals surface area contributed by atoms with Crippen LogP contribution in [0.15, 0.2) is 24.3 Å². The predicted octanol–water partition coefficient (Wildman–Crippen LogP) is 3.59. The summed E-state index contributed by atoms with van der Waals surface area (Å²) in [5, 5.41) is 0. The van der Waals surface area contributed by atoms with E-state index in [4.69, 9.17) is 5.73 Å². The monoisotopic (exact) mass is 262 g/mol. The van der Waals surface area contributed by atoms with E-state index in [1.165, 1.54) is 36.9 Å². The molecule has 0 atom stereocenters. The van der Waals surface area contributed by atoms with Crippen molar-refractivity contribution in [2.45, 2.75) is 59.0 Å². The first kappa shape index (κ1) is 16.2. The van der Waals surface area contributed by atoms with Crippen molar-refractivity contribution in [3.05, 3.63) is 35.4 Å². The molecule has 0 spiro atoms. The minimum Gasteiger partial charge on any atom is -0.326 e. The molecule has 19 heavy (non-hydrogen) atoms. The second-order valence-electron chi connectivity index (χ2n) is 5.56. The fourth-order valence-corrected chi connectivity index (χ4v) is 2.46. The SMILES string of the molecule is CCCCCN(CCc1ccccc1CN)C(C)C. The van der Waals surface area contributed by atoms with Crippen LogP contribution in [0.1, 0.15) is 51.2 Å². The van der Waals surface area contributed by atoms with Gasteiger partial charge in [0, 0.05) is 19.1 Å². The van der Waals surface area contributed by atoms with Gasteiger partial charge >= 0.3 is 0 Å². The second-order valence-corrected chi connectivity index (χ2v) is 5.56. The van der Waals surface area contributed by atoms with Crippen LogP contribution >= 0.6 is 0 Å². The largest absolute Gasteiger partial charge is 0.326 e. The molecule has 2 nitrogen and oxygen atoms in total. The van der Waals surface area contributed by atoms with E-state index in [1.807, 2.05) is 0 Å². The van der Waals surface area contributed by atoms with Gasteiger partial charge in [0.1, 0.15) is 0 Å². The molecule has 0 saturated heterocycles. The topological polar surface area (TPSA) is 29.3 Å². The average Bonchev–Trinajstić information content (AvgIpc) is 2.42. The summed E-state index contributed by atoms with van der Waals surface area (Å²) in [5.74, 6) is 0. The number of nitrogens with zero attached hydrogens (tertiary/aromatic N) is 1. The lowest BCUT2D eigenvalue weighted by Crippen LogP contribution is -2.33. The van der Waals surface area contributed by atoms with Crippen LogP contribution in [0, 0.1) is 0 Å². The first-order chi connectivity index (χ1) is 9.19. The molecule has 0 aliphatic rings. The third kappa shape index (κ3) is 5.75. The molecule has 0 amide bonds. The highest BCUT2D eigenvalue weighted by Crippen LogP contribution is 2.11. The van der Waals surface area contributed by atoms with E-state index in [-0.39, 0.29) is 0 Å². The van der Waals surface area contributed by atoms with E-state index < -0.39 is 0 Å². The maximum absolute atomic E-state index is 5.80. The Balaban J connectivity index is 2.50. The van der Waals surface area contributed by atoms with E-state index in [2.05, 4.69) is 49.9 Å². The van der Waals surface area contributed by atoms with Gasteiger partial charge in [-0.3, -0.25) is 0 Å². The Bertz CT molecular complexity index is 347. The van der Waals surface area contributed by atoms with Crippen molar-refractivity contribution in [1.29, 1.82) is 0 Å². The van der Waals surface area contributed by atoms with Crippen molar-refractivity contribution < 1.29 is 0 Å². The lowest BCUT2D eigenvalue weighted by atomic mass is 10.0. The molecule has 1 rings (SSSR count). The number of nitrogens with two attached hydrogens (primary N) is 1. The summed E-state index contributed by atoms with van der Waals surface area (Å²) in [6.07, 6.45) is 5.05. The van der Waals surface area contributed by atoms with E-state index in [9.17, 15) is 0 Å². The number of unbranched alkanes of at least 4 members (excludes halogenated alkanes) is 2. The van der Waals surface area contributed by atoms with Crippen molar-refractivity contribution in [2.24, 2.45) is 5.73 Å². The molecule has 2 heteroatoms. The van der Waals surface area contributed by atoms with Gasteiger partial charge in [-0.15, -0.1) is 0 Å². The normalized spacial score (nSPS) is 11.5. The van der Waals surface area contributed by atoms with Crippen LogP contribution in [0.25, 0.3) is 0 Å². The van der Waals surface area contributed by atoms with Gasteiger partial charge in [0.05, 0.1) is 0 Å². The first-order valence-corrected chi connectivity index (χ1v) is 7.70. The minimum atomic E-state index is 0.627. The molecule has 2 N–H and O–H groups in total. The minimum absolute atomic E-state index is 0.627. The van der Waals surface area contributed by atoms with Gasteiger partial charge in [0.15, 0.2) is 0 Å². The maximum atomic E-state index is 5.80. The summed E-state index contributed by atoms with van der Waals surface area (Å²) >= 11 is 0. The molecule has 0 aromatic heterocycles. The number of rotatable bonds is 9. The number of hydrogen-bond donors (Lipinski definition) is 1. The molecule has 1 aromatic rings. The fraction of sp³-hybridized carbons (Fsp3) is 0.647. The Morgan fingerprint density at radius 3 is 2.32 bits per heavy atom. The molecule has 0 aliphatic heterocycles. The highest BCUT2D eigenvalue weighted by Gasteiger charge is 2.09. The molecular weight excluding hydrogens is 232 g/mol. The zero-order valence-corrected chi connectivity index (χ0v) is 12.9. The Labute approximate surface area is 119 Å². The van der Waals surface area contributed by atoms with E-state index in [1.54, 1.807) is 0 Å². The predicted molar refractivity (Wildman–Crippen MR) is 84.3 cm³/mol. The van der Waals surface area contributed by atoms with Gasteiger partial charge in [-0.25, -0.2) is 0 Å². The third-order valence-corrected chi connectivity index (χ3v) is 3.79. The molecular formula is C17H30N2. The van der Waals surface area contributed by atoms with Crippen molar-refractivity contribution in [2.75, 3.05) is 13.1 Å². The lowest BCUT2D eigenvalue weighted by molar-refractivity contribution is 0.219. The first-order valence-electron chi connectivity index (χ1n) is 7.70. The Morgan fingerprint density at radius 2 is 1.74 bits per heavy atom. The maximum Gasteiger partial charge on any atom is 0.0180 e. The molecule has 0 heterocycles. The van der Waals surface area contributed by atoms with Crippen molar-refractivity contribution in [3.63, 3.8) is 0 Å². The number of hydrogen-bond acceptors (Lipinski definition) is 2. The van der Waals surface area contributed by atoms with Crippen LogP contribution in [-0.4, -0.2) is 24.0 Å². The summed E-state index contributed by atoms with van der Waals surface area (Å²) < 4.78 is 0. The summed E-state index contributed by atoms with van der Waals surface area (Å²) in [5.41, 5.74) is 8.50. The van der Waals surface area contributed by atoms with Crippen LogP contribution in [0.4, 0.5) is 0 Å². The number of benzene rings is 1. The van der Waals surface area contributed by atoms with Gasteiger partial charge in [-0.05, 0) is 44.4 Å². The highest BCUT2D eigenvalue weighted by molar-refractivity contribution is 5.27. The molecule has 0 saturated carbocycles. The molecule has 0 radical (unpaired) electrons. The van der Waals surface area contributed by atoms with Gasteiger partial charge in [-0.2, -0.15) is 0 Å². The Morgan fingerprint density at radius 1 is 1.05 bits per heavy atom. The van der Waals surface area contributed by atoms with Gasteiger partial charge < -0.3 is 10.6 Å². The summed E-state index contributed by atoms with van der Waals surface area (Å²) in [7, 11) is 0. The zero-order valence-electron chi connectivity index (χ0n) is 12.9. The average molecular weight is 262 g/mol. The Kier molecular flexibility index (Phi) is 7.76. The van der Waals surface area contributed by atoms with Crippen molar-refractivity contribution >= 4 is 0 Å². The van der Waals surface area contributed by atoms with Gasteiger partial charge in [0.2, 0.25) is 0 Å². The molecule has 108 valence electrons. The third-order valence-electron chi connectivity index (χ3n) is 3.79. The highest BCUT2D eigenvalue weighted by atomic mass is 15.1. The summed E-state index contributed by atoms with van der Waals surface area (Å²) in [6.45, 7) is 9.85. The zero-order chi connectivity index (χ0) is 14.1. The van der Waals surface area contributed by atoms with Crippen LogP contribution in [0.2, 0.25) is 0 Å². The fourth-order valence-electron chi connectivity index (χ4n) is 2.46. The quantitative estimate of drug-likeness (QED) is 0.689. The molecule has 0 unspecified atom stereocenters. The van der Waals surface area contributed by atoms with E-state index in [0.29, 0.717) is 12.6 Å². The standard InChI is InChI=1S/C17H30N2/c1-4-5-8-12-19(15(2)3)13-11-16-9-6-7-10-17(16)14-18/h6-7,9-10,15H,4-5,8,11-14,18H2,1-3H3. The van der Waals surface area contributed by atoms with Crippen LogP contribution in [-0.2, 0) is 13.0 Å². The molecule has 0 aliphatic carbocycles. The van der Waals surface area contributed by atoms with E-state index in [0.717, 1.165) is 13.0 Å². The van der Waals surface area contributed by atoms with Gasteiger partial charge in [-0.1, -0.05) is 44.0 Å². The van der Waals surface area contributed by atoms with Crippen LogP contribution in [0.3, 0.4) is 0 Å². The molecule has 0 fully saturated rings. The van der Waals surface area contributed by atoms with Gasteiger partial charge in [0.25, 0.3) is 0 Å². The summed E-state index contributed by atoms with van der Waals surface area (Å²) in [6, 6.07) is 9.18. The van der Waals surface area contributed by atoms with Crippen LogP contribution in [0.5, 0.6) is 0 Å². The van der Waals surface area contributed by atoms with E-state index >= 15 is 0 Å². The van der Waals surface area contributed by atoms with Crippen molar-refractivity contribution in [1.82, 2.24) is 4.90 Å². The smallest absolute Gasteiger partial charge is 0.0180 e. The van der Waals surface area contributed by atoms with Crippen LogP contribution < -0.4 is 5.73 Å².